The summed E-state index contributed by atoms with van der Waals surface area (Å²) in [4.78, 5) is 30.2. The Morgan fingerprint density at radius 1 is 1.08 bits per heavy atom. The van der Waals surface area contributed by atoms with Gasteiger partial charge < -0.3 is 5.32 Å². The van der Waals surface area contributed by atoms with Gasteiger partial charge in [-0.05, 0) is 24.3 Å². The van der Waals surface area contributed by atoms with Crippen LogP contribution in [0.1, 0.15) is 16.8 Å². The lowest BCUT2D eigenvalue weighted by molar-refractivity contribution is -0.118. The van der Waals surface area contributed by atoms with Gasteiger partial charge in [-0.15, -0.1) is 0 Å². The van der Waals surface area contributed by atoms with E-state index in [0.717, 1.165) is 10.2 Å². The van der Waals surface area contributed by atoms with Crippen molar-refractivity contribution in [3.8, 4) is 0 Å². The van der Waals surface area contributed by atoms with Crippen LogP contribution in [0.5, 0.6) is 0 Å². The maximum Gasteiger partial charge on any atom is 0.251 e. The molecule has 3 aromatic rings. The van der Waals surface area contributed by atoms with E-state index in [1.165, 1.54) is 11.3 Å². The van der Waals surface area contributed by atoms with Crippen molar-refractivity contribution in [3.63, 3.8) is 0 Å². The van der Waals surface area contributed by atoms with Crippen LogP contribution in [0.2, 0.25) is 0 Å². The van der Waals surface area contributed by atoms with Crippen molar-refractivity contribution in [2.45, 2.75) is 6.42 Å². The van der Waals surface area contributed by atoms with Crippen LogP contribution in [-0.4, -0.2) is 30.4 Å². The molecule has 0 aliphatic rings. The van der Waals surface area contributed by atoms with Crippen molar-refractivity contribution in [3.05, 3.63) is 60.2 Å². The lowest BCUT2D eigenvalue weighted by Gasteiger charge is -2.13. The minimum atomic E-state index is -0.175. The summed E-state index contributed by atoms with van der Waals surface area (Å²) in [7, 11) is 1.71. The van der Waals surface area contributed by atoms with Crippen LogP contribution in [-0.2, 0) is 4.79 Å². The van der Waals surface area contributed by atoms with Crippen molar-refractivity contribution in [1.29, 1.82) is 0 Å². The highest BCUT2D eigenvalue weighted by molar-refractivity contribution is 7.22. The van der Waals surface area contributed by atoms with Gasteiger partial charge in [0.2, 0.25) is 5.91 Å². The van der Waals surface area contributed by atoms with Crippen LogP contribution in [0.4, 0.5) is 5.13 Å². The van der Waals surface area contributed by atoms with Crippen molar-refractivity contribution >= 4 is 38.5 Å². The van der Waals surface area contributed by atoms with Gasteiger partial charge in [-0.2, -0.15) is 0 Å². The number of aromatic nitrogens is 1. The number of nitrogens with one attached hydrogen (secondary N) is 1. The van der Waals surface area contributed by atoms with Crippen LogP contribution in [0.25, 0.3) is 10.2 Å². The van der Waals surface area contributed by atoms with E-state index < -0.39 is 0 Å². The Balaban J connectivity index is 1.55. The molecule has 1 heterocycles. The van der Waals surface area contributed by atoms with E-state index in [0.29, 0.717) is 17.2 Å². The fourth-order valence-electron chi connectivity index (χ4n) is 2.25. The minimum absolute atomic E-state index is 0.0811. The lowest BCUT2D eigenvalue weighted by atomic mass is 10.2. The molecule has 0 atom stereocenters. The van der Waals surface area contributed by atoms with Crippen LogP contribution in [0, 0.1) is 0 Å². The number of fused-ring (bicyclic) bond motifs is 1. The van der Waals surface area contributed by atoms with E-state index in [-0.39, 0.29) is 18.2 Å². The summed E-state index contributed by atoms with van der Waals surface area (Å²) in [6, 6.07) is 16.7. The van der Waals surface area contributed by atoms with Crippen molar-refractivity contribution in [2.75, 3.05) is 18.5 Å². The predicted octanol–water partition coefficient (Wildman–Crippen LogP) is 3.08. The van der Waals surface area contributed by atoms with Crippen LogP contribution < -0.4 is 10.2 Å². The average molecular weight is 339 g/mol. The van der Waals surface area contributed by atoms with Crippen LogP contribution in [0.3, 0.4) is 0 Å². The molecule has 0 bridgehead atoms. The second-order valence-electron chi connectivity index (χ2n) is 5.29. The van der Waals surface area contributed by atoms with Gasteiger partial charge >= 0.3 is 0 Å². The molecular weight excluding hydrogens is 322 g/mol. The highest BCUT2D eigenvalue weighted by Crippen LogP contribution is 2.27. The third-order valence-corrected chi connectivity index (χ3v) is 4.72. The molecule has 0 aliphatic carbocycles. The molecule has 0 spiro atoms. The molecule has 122 valence electrons. The molecule has 0 saturated heterocycles. The number of thiazole rings is 1. The van der Waals surface area contributed by atoms with E-state index in [1.54, 1.807) is 36.2 Å². The summed E-state index contributed by atoms with van der Waals surface area (Å²) in [6.07, 6.45) is 0.227. The fourth-order valence-corrected chi connectivity index (χ4v) is 3.20. The monoisotopic (exact) mass is 339 g/mol. The summed E-state index contributed by atoms with van der Waals surface area (Å²) in [6.45, 7) is 0.293. The van der Waals surface area contributed by atoms with Crippen LogP contribution >= 0.6 is 11.3 Å². The molecule has 0 unspecified atom stereocenters. The fraction of sp³-hybridized carbons (Fsp3) is 0.167. The van der Waals surface area contributed by atoms with E-state index in [2.05, 4.69) is 10.3 Å². The van der Waals surface area contributed by atoms with E-state index in [9.17, 15) is 9.59 Å². The second kappa shape index (κ2) is 7.23. The Kier molecular flexibility index (Phi) is 4.86. The molecule has 2 aromatic carbocycles. The predicted molar refractivity (Wildman–Crippen MR) is 96.4 cm³/mol. The summed E-state index contributed by atoms with van der Waals surface area (Å²) in [5, 5.41) is 3.42. The molecule has 0 saturated carbocycles. The van der Waals surface area contributed by atoms with Gasteiger partial charge in [0.1, 0.15) is 0 Å². The maximum atomic E-state index is 12.3. The summed E-state index contributed by atoms with van der Waals surface area (Å²) in [5.41, 5.74) is 1.47. The Morgan fingerprint density at radius 3 is 2.54 bits per heavy atom. The molecule has 2 amide bonds. The Morgan fingerprint density at radius 2 is 1.79 bits per heavy atom. The third kappa shape index (κ3) is 3.60. The van der Waals surface area contributed by atoms with Gasteiger partial charge in [0.15, 0.2) is 5.13 Å². The number of hydrogen-bond acceptors (Lipinski definition) is 4. The average Bonchev–Trinajstić information content (AvgIpc) is 3.05. The van der Waals surface area contributed by atoms with Gasteiger partial charge in [0.05, 0.1) is 10.2 Å². The lowest BCUT2D eigenvalue weighted by Crippen LogP contribution is -2.32. The zero-order chi connectivity index (χ0) is 16.9. The number of anilines is 1. The maximum absolute atomic E-state index is 12.3. The number of para-hydroxylation sites is 1. The topological polar surface area (TPSA) is 62.3 Å². The molecule has 0 aliphatic heterocycles. The van der Waals surface area contributed by atoms with E-state index >= 15 is 0 Å². The van der Waals surface area contributed by atoms with Crippen molar-refractivity contribution < 1.29 is 9.59 Å². The Labute approximate surface area is 143 Å². The van der Waals surface area contributed by atoms with E-state index in [4.69, 9.17) is 0 Å². The number of benzene rings is 2. The van der Waals surface area contributed by atoms with Gasteiger partial charge in [-0.1, -0.05) is 41.7 Å². The number of amides is 2. The first-order valence-corrected chi connectivity index (χ1v) is 8.42. The largest absolute Gasteiger partial charge is 0.352 e. The highest BCUT2D eigenvalue weighted by Gasteiger charge is 2.15. The quantitative estimate of drug-likeness (QED) is 0.777. The minimum Gasteiger partial charge on any atom is -0.352 e. The number of carbonyl (C=O) groups is 2. The second-order valence-corrected chi connectivity index (χ2v) is 6.30. The van der Waals surface area contributed by atoms with Crippen LogP contribution in [0.15, 0.2) is 54.6 Å². The smallest absolute Gasteiger partial charge is 0.251 e. The molecule has 5 nitrogen and oxygen atoms in total. The van der Waals surface area contributed by atoms with Crippen molar-refractivity contribution in [2.24, 2.45) is 0 Å². The summed E-state index contributed by atoms with van der Waals surface area (Å²) < 4.78 is 1.05. The van der Waals surface area contributed by atoms with Gasteiger partial charge in [-0.3, -0.25) is 14.5 Å². The summed E-state index contributed by atoms with van der Waals surface area (Å²) >= 11 is 1.48. The van der Waals surface area contributed by atoms with E-state index in [1.807, 2.05) is 30.3 Å². The molecule has 1 aromatic heterocycles. The first kappa shape index (κ1) is 16.1. The summed E-state index contributed by atoms with van der Waals surface area (Å²) in [5.74, 6) is -0.256. The molecular formula is C18H17N3O2S. The number of nitrogens with zero attached hydrogens (tertiary/aromatic N) is 2. The molecule has 3 rings (SSSR count). The van der Waals surface area contributed by atoms with Gasteiger partial charge in [0, 0.05) is 25.6 Å². The third-order valence-electron chi connectivity index (χ3n) is 3.60. The first-order chi connectivity index (χ1) is 11.6. The van der Waals surface area contributed by atoms with Gasteiger partial charge in [-0.25, -0.2) is 4.98 Å². The Bertz CT molecular complexity index is 828. The first-order valence-electron chi connectivity index (χ1n) is 7.60. The molecule has 1 N–H and O–H groups in total. The number of hydrogen-bond donors (Lipinski definition) is 1. The zero-order valence-corrected chi connectivity index (χ0v) is 14.0. The standard InChI is InChI=1S/C18H17N3O2S/c1-21(18-20-14-9-5-6-10-15(14)24-18)16(22)11-12-19-17(23)13-7-3-2-4-8-13/h2-10H,11-12H2,1H3,(H,19,23). The zero-order valence-electron chi connectivity index (χ0n) is 13.2. The number of rotatable bonds is 5. The highest BCUT2D eigenvalue weighted by atomic mass is 32.1. The van der Waals surface area contributed by atoms with Crippen molar-refractivity contribution in [1.82, 2.24) is 10.3 Å². The molecule has 0 fully saturated rings. The van der Waals surface area contributed by atoms with Gasteiger partial charge in [0.25, 0.3) is 5.91 Å². The molecule has 24 heavy (non-hydrogen) atoms. The molecule has 0 radical (unpaired) electrons. The SMILES string of the molecule is CN(C(=O)CCNC(=O)c1ccccc1)c1nc2ccccc2s1. The molecule has 6 heteroatoms. The number of carbonyl (C=O) groups excluding carboxylic acids is 2. The normalized spacial score (nSPS) is 10.5. The Hall–Kier alpha value is -2.73.